The Hall–Kier alpha value is -2.14. The summed E-state index contributed by atoms with van der Waals surface area (Å²) in [6, 6.07) is 0. The number of hydrogen-bond acceptors (Lipinski definition) is 8. The van der Waals surface area contributed by atoms with Crippen molar-refractivity contribution in [2.24, 2.45) is 0 Å². The molecule has 2 heterocycles. The zero-order chi connectivity index (χ0) is 22.3. The molecule has 0 bridgehead atoms. The number of aryl methyl sites for hydroxylation is 1. The van der Waals surface area contributed by atoms with Crippen LogP contribution in [-0.4, -0.2) is 64.9 Å². The Kier molecular flexibility index (Phi) is 3.02. The van der Waals surface area contributed by atoms with E-state index in [0.29, 0.717) is 4.57 Å². The summed E-state index contributed by atoms with van der Waals surface area (Å²) in [6.07, 6.45) is -5.71. The smallest absolute Gasteiger partial charge is 0.349 e. The third kappa shape index (κ3) is 3.29. The summed E-state index contributed by atoms with van der Waals surface area (Å²) in [5.74, 6) is -0.636. The maximum atomic E-state index is 12.1. The first-order valence-corrected chi connectivity index (χ1v) is 6.39. The summed E-state index contributed by atoms with van der Waals surface area (Å²) < 4.78 is 46.3. The molecular weight excluding hydrogens is 308 g/mol. The molecule has 0 fully saturated rings. The molecule has 2 aliphatic heterocycles. The van der Waals surface area contributed by atoms with E-state index < -0.39 is 79.3 Å². The molecule has 0 aromatic carbocycles. The Labute approximate surface area is 138 Å². The molecule has 5 N–H and O–H groups in total. The maximum Gasteiger partial charge on any atom is 0.349 e. The molecule has 10 heteroatoms. The Morgan fingerprint density at radius 2 is 1.96 bits per heavy atom. The van der Waals surface area contributed by atoms with Gasteiger partial charge in [-0.3, -0.25) is 9.78 Å². The van der Waals surface area contributed by atoms with Gasteiger partial charge in [0.15, 0.2) is 11.5 Å². The number of H-pyrrole nitrogens is 1. The lowest BCUT2D eigenvalue weighted by Gasteiger charge is -2.25. The van der Waals surface area contributed by atoms with Crippen LogP contribution >= 0.6 is 0 Å². The highest BCUT2D eigenvalue weighted by Gasteiger charge is 2.27. The Balaban J connectivity index is 2.89. The molecule has 126 valence electrons. The van der Waals surface area contributed by atoms with Gasteiger partial charge in [-0.1, -0.05) is 0 Å². The number of nitrogens with one attached hydrogen (secondary N) is 1. The van der Waals surface area contributed by atoms with Gasteiger partial charge in [0.05, 0.1) is 18.8 Å². The lowest BCUT2D eigenvalue weighted by molar-refractivity contribution is -0.0807. The fraction of sp³-hybridized carbons (Fsp3) is 0.538. The fourth-order valence-corrected chi connectivity index (χ4v) is 1.96. The molecule has 2 rings (SSSR count). The van der Waals surface area contributed by atoms with Gasteiger partial charge in [0.2, 0.25) is 0 Å². The summed E-state index contributed by atoms with van der Waals surface area (Å²) in [5.41, 5.74) is -4.91. The molecule has 2 aliphatic rings. The molecule has 3 atom stereocenters. The van der Waals surface area contributed by atoms with Gasteiger partial charge in [-0.25, -0.2) is 9.78 Å². The summed E-state index contributed by atoms with van der Waals surface area (Å²) in [4.78, 5) is 32.5. The third-order valence-corrected chi connectivity index (χ3v) is 3.17. The van der Waals surface area contributed by atoms with Crippen LogP contribution in [-0.2, 0) is 6.54 Å². The predicted molar refractivity (Wildman–Crippen MR) is 78.1 cm³/mol. The minimum absolute atomic E-state index is 0.575. The zero-order valence-electron chi connectivity index (χ0n) is 17.6. The molecule has 0 aliphatic carbocycles. The lowest BCUT2D eigenvalue weighted by atomic mass is 10.1. The highest BCUT2D eigenvalue weighted by molar-refractivity contribution is 5.50. The molecule has 0 spiro atoms. The van der Waals surface area contributed by atoms with Crippen LogP contribution in [0.5, 0.6) is 0 Å². The summed E-state index contributed by atoms with van der Waals surface area (Å²) in [5, 5.41) is 38.4. The molecule has 10 nitrogen and oxygen atoms in total. The first-order chi connectivity index (χ1) is 13.2. The zero-order valence-corrected chi connectivity index (χ0v) is 11.6. The van der Waals surface area contributed by atoms with Crippen LogP contribution in [0.2, 0.25) is 0 Å². The Morgan fingerprint density at radius 3 is 2.57 bits per heavy atom. The molecule has 0 aromatic heterocycles. The third-order valence-electron chi connectivity index (χ3n) is 3.17. The molecule has 0 amide bonds. The maximum absolute atomic E-state index is 12.1. The molecule has 0 radical (unpaired) electrons. The largest absolute Gasteiger partial charge is 0.394 e. The number of aliphatic hydroxyl groups is 4. The van der Waals surface area contributed by atoms with Gasteiger partial charge in [-0.05, 0) is 13.7 Å². The van der Waals surface area contributed by atoms with Crippen LogP contribution in [0.3, 0.4) is 0 Å². The number of aromatic nitrogens is 4. The van der Waals surface area contributed by atoms with Crippen LogP contribution in [0.15, 0.2) is 9.59 Å². The highest BCUT2D eigenvalue weighted by Crippen LogP contribution is 2.18. The van der Waals surface area contributed by atoms with Crippen molar-refractivity contribution in [2.45, 2.75) is 38.6 Å². The molecule has 0 saturated carbocycles. The van der Waals surface area contributed by atoms with Gasteiger partial charge >= 0.3 is 5.69 Å². The van der Waals surface area contributed by atoms with Crippen molar-refractivity contribution >= 4 is 0 Å². The first kappa shape index (κ1) is 10.6. The van der Waals surface area contributed by atoms with E-state index in [1.165, 1.54) is 0 Å². The van der Waals surface area contributed by atoms with Crippen molar-refractivity contribution in [3.63, 3.8) is 0 Å². The monoisotopic (exact) mass is 332 g/mol. The van der Waals surface area contributed by atoms with Gasteiger partial charge in [-0.2, -0.15) is 4.98 Å². The number of hydrogen-bond donors (Lipinski definition) is 5. The van der Waals surface area contributed by atoms with E-state index in [2.05, 4.69) is 9.97 Å². The quantitative estimate of drug-likeness (QED) is 0.390. The van der Waals surface area contributed by atoms with E-state index in [1.807, 2.05) is 0 Å². The highest BCUT2D eigenvalue weighted by atomic mass is 16.4. The van der Waals surface area contributed by atoms with E-state index in [9.17, 15) is 24.9 Å². The topological polar surface area (TPSA) is 162 Å². The van der Waals surface area contributed by atoms with Gasteiger partial charge in [0.25, 0.3) is 5.56 Å². The number of aliphatic hydroxyl groups excluding tert-OH is 4. The molecular formula is C13H18N4O6. The summed E-state index contributed by atoms with van der Waals surface area (Å²) in [6.45, 7) is -8.06. The van der Waals surface area contributed by atoms with Crippen molar-refractivity contribution in [3.05, 3.63) is 32.2 Å². The lowest BCUT2D eigenvalue weighted by Crippen LogP contribution is -2.42. The average Bonchev–Trinajstić information content (AvgIpc) is 2.58. The van der Waals surface area contributed by atoms with Crippen molar-refractivity contribution in [3.8, 4) is 11.5 Å². The van der Waals surface area contributed by atoms with Gasteiger partial charge in [-0.15, -0.1) is 0 Å². The second-order valence-electron chi connectivity index (χ2n) is 4.77. The average molecular weight is 332 g/mol. The van der Waals surface area contributed by atoms with Crippen molar-refractivity contribution in [1.82, 2.24) is 19.5 Å². The predicted octanol–water partition coefficient (Wildman–Crippen LogP) is -2.88. The van der Waals surface area contributed by atoms with Crippen molar-refractivity contribution in [2.75, 3.05) is 6.61 Å². The number of aromatic amines is 1. The minimum Gasteiger partial charge on any atom is -0.394 e. The van der Waals surface area contributed by atoms with Gasteiger partial charge in [0.1, 0.15) is 18.3 Å². The van der Waals surface area contributed by atoms with Crippen molar-refractivity contribution < 1.29 is 28.7 Å². The molecule has 0 aromatic rings. The van der Waals surface area contributed by atoms with E-state index in [0.717, 1.165) is 0 Å². The van der Waals surface area contributed by atoms with Gasteiger partial charge < -0.3 is 25.0 Å². The normalized spacial score (nSPS) is 20.5. The minimum atomic E-state index is -3.14. The van der Waals surface area contributed by atoms with E-state index >= 15 is 0 Å². The van der Waals surface area contributed by atoms with Crippen LogP contribution < -0.4 is 11.2 Å². The number of nitrogens with zero attached hydrogens (tertiary/aromatic N) is 3. The summed E-state index contributed by atoms with van der Waals surface area (Å²) in [7, 11) is 0. The first-order valence-electron chi connectivity index (χ1n) is 9.39. The Bertz CT molecular complexity index is 970. The van der Waals surface area contributed by atoms with Gasteiger partial charge in [0, 0.05) is 13.9 Å². The Morgan fingerprint density at radius 1 is 1.22 bits per heavy atom. The van der Waals surface area contributed by atoms with Crippen molar-refractivity contribution in [1.29, 1.82) is 0 Å². The second-order valence-corrected chi connectivity index (χ2v) is 4.77. The molecule has 23 heavy (non-hydrogen) atoms. The summed E-state index contributed by atoms with van der Waals surface area (Å²) >= 11 is 0. The van der Waals surface area contributed by atoms with E-state index in [-0.39, 0.29) is 0 Å². The number of fused-ring (bicyclic) bond motifs is 1. The SMILES string of the molecule is [2H]C([2H])([2H])c1nc2c(=O)[nH]c(=O)nc-2n(C[C@@H](O)[C@@H](O)[C@@H](O)CO)c1C([2H])([2H])[2H]. The second kappa shape index (κ2) is 6.54. The van der Waals surface area contributed by atoms with Crippen LogP contribution in [0.4, 0.5) is 0 Å². The standard InChI is InChI=1S/C13H18N4O6/c1-5-6(2)17(3-7(19)10(21)8(20)4-18)11-9(14-5)12(22)16-13(23)15-11/h7-8,10,18-21H,3-4H2,1-2H3,(H,16,22,23)/t7-,8+,10-/m1/s1/i1D3,2D3. The number of rotatable bonds is 5. The molecule has 0 saturated heterocycles. The van der Waals surface area contributed by atoms with Crippen LogP contribution in [0, 0.1) is 13.7 Å². The van der Waals surface area contributed by atoms with Crippen LogP contribution in [0.25, 0.3) is 11.5 Å². The van der Waals surface area contributed by atoms with E-state index in [1.54, 1.807) is 4.98 Å². The van der Waals surface area contributed by atoms with E-state index in [4.69, 9.17) is 13.3 Å². The fourth-order valence-electron chi connectivity index (χ4n) is 1.96. The van der Waals surface area contributed by atoms with Crippen LogP contribution in [0.1, 0.15) is 19.6 Å². The molecule has 0 unspecified atom stereocenters.